The van der Waals surface area contributed by atoms with Gasteiger partial charge in [0, 0.05) is 51.0 Å². The zero-order valence-corrected chi connectivity index (χ0v) is 15.4. The first-order valence-corrected chi connectivity index (χ1v) is 9.44. The van der Waals surface area contributed by atoms with Crippen molar-refractivity contribution in [3.05, 3.63) is 54.0 Å². The second kappa shape index (κ2) is 7.58. The topological polar surface area (TPSA) is 22.6 Å². The number of hydrogen-bond acceptors (Lipinski definition) is 4. The van der Waals surface area contributed by atoms with Gasteiger partial charge >= 0.3 is 6.18 Å². The summed E-state index contributed by atoms with van der Waals surface area (Å²) in [6.45, 7) is 4.56. The SMILES string of the molecule is Fc1cccc(N2CCC(N3CCN(c4cccc(C(F)(F)F)n4)CC3)C2)c1. The normalized spacial score (nSPS) is 21.4. The molecule has 0 N–H and O–H groups in total. The second-order valence-corrected chi connectivity index (χ2v) is 7.27. The van der Waals surface area contributed by atoms with E-state index in [-0.39, 0.29) is 5.82 Å². The molecule has 1 atom stereocenters. The number of piperazine rings is 1. The fourth-order valence-electron chi connectivity index (χ4n) is 4.02. The van der Waals surface area contributed by atoms with Gasteiger partial charge in [-0.1, -0.05) is 12.1 Å². The van der Waals surface area contributed by atoms with E-state index in [0.717, 1.165) is 44.4 Å². The molecule has 4 nitrogen and oxygen atoms in total. The minimum absolute atomic E-state index is 0.233. The third-order valence-corrected chi connectivity index (χ3v) is 5.52. The van der Waals surface area contributed by atoms with Gasteiger partial charge in [0.05, 0.1) is 0 Å². The van der Waals surface area contributed by atoms with Crippen LogP contribution in [0.5, 0.6) is 0 Å². The Labute approximate surface area is 161 Å². The quantitative estimate of drug-likeness (QED) is 0.742. The van der Waals surface area contributed by atoms with Gasteiger partial charge in [-0.3, -0.25) is 4.90 Å². The highest BCUT2D eigenvalue weighted by Gasteiger charge is 2.34. The van der Waals surface area contributed by atoms with Crippen LogP contribution in [-0.4, -0.2) is 55.2 Å². The third-order valence-electron chi connectivity index (χ3n) is 5.52. The molecule has 0 amide bonds. The Kier molecular flexibility index (Phi) is 5.14. The maximum Gasteiger partial charge on any atom is 0.433 e. The lowest BCUT2D eigenvalue weighted by atomic mass is 10.2. The Balaban J connectivity index is 1.35. The van der Waals surface area contributed by atoms with Crippen LogP contribution in [0.1, 0.15) is 12.1 Å². The average molecular weight is 394 g/mol. The number of benzene rings is 1. The Morgan fingerprint density at radius 3 is 2.36 bits per heavy atom. The lowest BCUT2D eigenvalue weighted by molar-refractivity contribution is -0.141. The predicted molar refractivity (Wildman–Crippen MR) is 100 cm³/mol. The summed E-state index contributed by atoms with van der Waals surface area (Å²) in [5, 5.41) is 0. The van der Waals surface area contributed by atoms with Crippen molar-refractivity contribution in [3.8, 4) is 0 Å². The third kappa shape index (κ3) is 4.06. The summed E-state index contributed by atoms with van der Waals surface area (Å²) in [7, 11) is 0. The minimum atomic E-state index is -4.43. The van der Waals surface area contributed by atoms with E-state index >= 15 is 0 Å². The predicted octanol–water partition coefficient (Wildman–Crippen LogP) is 3.64. The maximum absolute atomic E-state index is 13.5. The van der Waals surface area contributed by atoms with Crippen LogP contribution >= 0.6 is 0 Å². The van der Waals surface area contributed by atoms with Crippen molar-refractivity contribution in [3.63, 3.8) is 0 Å². The van der Waals surface area contributed by atoms with Gasteiger partial charge in [-0.2, -0.15) is 13.2 Å². The molecule has 2 fully saturated rings. The summed E-state index contributed by atoms with van der Waals surface area (Å²) in [6.07, 6.45) is -3.43. The smallest absolute Gasteiger partial charge is 0.370 e. The van der Waals surface area contributed by atoms with Crippen molar-refractivity contribution >= 4 is 11.5 Å². The molecule has 2 aliphatic rings. The van der Waals surface area contributed by atoms with Gasteiger partial charge in [0.25, 0.3) is 0 Å². The van der Waals surface area contributed by atoms with E-state index in [0.29, 0.717) is 24.9 Å². The summed E-state index contributed by atoms with van der Waals surface area (Å²) in [4.78, 5) is 10.3. The van der Waals surface area contributed by atoms with Crippen LogP contribution in [0.4, 0.5) is 29.1 Å². The Hall–Kier alpha value is -2.35. The van der Waals surface area contributed by atoms with Gasteiger partial charge in [-0.05, 0) is 36.8 Å². The van der Waals surface area contributed by atoms with Gasteiger partial charge in [-0.15, -0.1) is 0 Å². The lowest BCUT2D eigenvalue weighted by Crippen LogP contribution is -2.51. The Morgan fingerprint density at radius 1 is 0.893 bits per heavy atom. The van der Waals surface area contributed by atoms with Crippen molar-refractivity contribution in [2.45, 2.75) is 18.6 Å². The summed E-state index contributed by atoms with van der Waals surface area (Å²) in [5.74, 6) is 0.144. The molecule has 0 saturated carbocycles. The van der Waals surface area contributed by atoms with E-state index in [2.05, 4.69) is 14.8 Å². The molecule has 0 bridgehead atoms. The van der Waals surface area contributed by atoms with Crippen molar-refractivity contribution < 1.29 is 17.6 Å². The number of pyridine rings is 1. The van der Waals surface area contributed by atoms with Gasteiger partial charge in [0.1, 0.15) is 17.3 Å². The van der Waals surface area contributed by atoms with Crippen LogP contribution < -0.4 is 9.80 Å². The Bertz CT molecular complexity index is 818. The molecular weight excluding hydrogens is 372 g/mol. The van der Waals surface area contributed by atoms with Crippen molar-refractivity contribution in [2.75, 3.05) is 49.1 Å². The molecule has 1 unspecified atom stereocenters. The van der Waals surface area contributed by atoms with Crippen LogP contribution in [-0.2, 0) is 6.18 Å². The highest BCUT2D eigenvalue weighted by Crippen LogP contribution is 2.29. The fourth-order valence-corrected chi connectivity index (χ4v) is 4.02. The first kappa shape index (κ1) is 19.0. The van der Waals surface area contributed by atoms with Gasteiger partial charge in [0.2, 0.25) is 0 Å². The van der Waals surface area contributed by atoms with Gasteiger partial charge < -0.3 is 9.80 Å². The molecule has 0 radical (unpaired) electrons. The van der Waals surface area contributed by atoms with Gasteiger partial charge in [-0.25, -0.2) is 9.37 Å². The van der Waals surface area contributed by atoms with E-state index in [1.165, 1.54) is 12.1 Å². The Morgan fingerprint density at radius 2 is 1.64 bits per heavy atom. The number of aromatic nitrogens is 1. The first-order valence-electron chi connectivity index (χ1n) is 9.44. The van der Waals surface area contributed by atoms with Crippen molar-refractivity contribution in [1.82, 2.24) is 9.88 Å². The fraction of sp³-hybridized carbons (Fsp3) is 0.450. The van der Waals surface area contributed by atoms with Crippen molar-refractivity contribution in [1.29, 1.82) is 0 Å². The molecule has 3 heterocycles. The van der Waals surface area contributed by atoms with Crippen LogP contribution in [0.15, 0.2) is 42.5 Å². The largest absolute Gasteiger partial charge is 0.433 e. The molecule has 1 aromatic heterocycles. The molecule has 1 aromatic carbocycles. The first-order chi connectivity index (χ1) is 13.4. The molecule has 2 aromatic rings. The number of hydrogen-bond donors (Lipinski definition) is 0. The second-order valence-electron chi connectivity index (χ2n) is 7.27. The van der Waals surface area contributed by atoms with Crippen LogP contribution in [0.2, 0.25) is 0 Å². The maximum atomic E-state index is 13.5. The average Bonchev–Trinajstić information content (AvgIpc) is 3.18. The van der Waals surface area contributed by atoms with E-state index < -0.39 is 11.9 Å². The molecule has 2 aliphatic heterocycles. The highest BCUT2D eigenvalue weighted by atomic mass is 19.4. The zero-order chi connectivity index (χ0) is 19.7. The standard InChI is InChI=1S/C20H22F4N4/c21-15-3-1-4-16(13-15)28-8-7-17(14-28)26-9-11-27(12-10-26)19-6-2-5-18(25-19)20(22,23)24/h1-6,13,17H,7-12,14H2. The molecular formula is C20H22F4N4. The zero-order valence-electron chi connectivity index (χ0n) is 15.4. The molecule has 28 heavy (non-hydrogen) atoms. The van der Waals surface area contributed by atoms with E-state index in [1.807, 2.05) is 11.0 Å². The van der Waals surface area contributed by atoms with E-state index in [1.54, 1.807) is 18.2 Å². The lowest BCUT2D eigenvalue weighted by Gasteiger charge is -2.38. The van der Waals surface area contributed by atoms with Gasteiger partial charge in [0.15, 0.2) is 0 Å². The highest BCUT2D eigenvalue weighted by molar-refractivity contribution is 5.48. The van der Waals surface area contributed by atoms with Crippen LogP contribution in [0.3, 0.4) is 0 Å². The van der Waals surface area contributed by atoms with E-state index in [9.17, 15) is 17.6 Å². The number of anilines is 2. The molecule has 8 heteroatoms. The minimum Gasteiger partial charge on any atom is -0.370 e. The molecule has 150 valence electrons. The number of nitrogens with zero attached hydrogens (tertiary/aromatic N) is 4. The van der Waals surface area contributed by atoms with Crippen molar-refractivity contribution in [2.24, 2.45) is 0 Å². The molecule has 2 saturated heterocycles. The summed E-state index contributed by atoms with van der Waals surface area (Å²) < 4.78 is 52.1. The van der Waals surface area contributed by atoms with E-state index in [4.69, 9.17) is 0 Å². The number of halogens is 4. The summed E-state index contributed by atoms with van der Waals surface area (Å²) >= 11 is 0. The molecule has 0 aliphatic carbocycles. The summed E-state index contributed by atoms with van der Waals surface area (Å²) in [6, 6.07) is 11.1. The number of rotatable bonds is 3. The van der Waals surface area contributed by atoms with Crippen LogP contribution in [0.25, 0.3) is 0 Å². The molecule has 4 rings (SSSR count). The van der Waals surface area contributed by atoms with Crippen LogP contribution in [0, 0.1) is 5.82 Å². The molecule has 0 spiro atoms. The monoisotopic (exact) mass is 394 g/mol. The summed E-state index contributed by atoms with van der Waals surface area (Å²) in [5.41, 5.74) is 0.0447. The number of alkyl halides is 3.